The van der Waals surface area contributed by atoms with Crippen LogP contribution >= 0.6 is 0 Å². The van der Waals surface area contributed by atoms with Crippen LogP contribution in [0.25, 0.3) is 10.8 Å². The van der Waals surface area contributed by atoms with Gasteiger partial charge in [0, 0.05) is 5.69 Å². The monoisotopic (exact) mass is 376 g/mol. The third-order valence-corrected chi connectivity index (χ3v) is 4.75. The van der Waals surface area contributed by atoms with Gasteiger partial charge in [0.25, 0.3) is 5.56 Å². The van der Waals surface area contributed by atoms with E-state index < -0.39 is 5.56 Å². The van der Waals surface area contributed by atoms with Gasteiger partial charge in [-0.05, 0) is 66.4 Å². The molecule has 0 aliphatic rings. The second-order valence-corrected chi connectivity index (χ2v) is 6.52. The van der Waals surface area contributed by atoms with Gasteiger partial charge < -0.3 is 14.5 Å². The number of H-pyrrole nitrogens is 1. The maximum absolute atomic E-state index is 12.3. The van der Waals surface area contributed by atoms with Gasteiger partial charge in [-0.15, -0.1) is 0 Å². The Balaban J connectivity index is 1.74. The molecular formula is C22H20N2O4. The van der Waals surface area contributed by atoms with Gasteiger partial charge in [0.05, 0.1) is 13.5 Å². The number of nitrogens with one attached hydrogen (secondary N) is 1. The zero-order valence-electron chi connectivity index (χ0n) is 16.0. The minimum Gasteiger partial charge on any atom is -0.497 e. The van der Waals surface area contributed by atoms with Crippen LogP contribution in [0.1, 0.15) is 28.8 Å². The molecule has 0 atom stereocenters. The number of hydrogen-bond acceptors (Lipinski definition) is 5. The van der Waals surface area contributed by atoms with Crippen LogP contribution in [0.3, 0.4) is 0 Å². The molecule has 2 aromatic carbocycles. The average molecular weight is 376 g/mol. The quantitative estimate of drug-likeness (QED) is 0.543. The van der Waals surface area contributed by atoms with Gasteiger partial charge in [-0.2, -0.15) is 5.26 Å². The number of aromatic nitrogens is 1. The van der Waals surface area contributed by atoms with Crippen LogP contribution in [0, 0.1) is 25.2 Å². The first-order valence-corrected chi connectivity index (χ1v) is 8.84. The van der Waals surface area contributed by atoms with E-state index in [-0.39, 0.29) is 18.0 Å². The van der Waals surface area contributed by atoms with Gasteiger partial charge >= 0.3 is 5.97 Å². The Labute approximate surface area is 162 Å². The molecule has 0 amide bonds. The first kappa shape index (κ1) is 19.2. The molecule has 3 aromatic rings. The Morgan fingerprint density at radius 2 is 1.79 bits per heavy atom. The van der Waals surface area contributed by atoms with E-state index in [1.54, 1.807) is 33.1 Å². The van der Waals surface area contributed by atoms with Crippen molar-refractivity contribution in [2.75, 3.05) is 7.11 Å². The van der Waals surface area contributed by atoms with E-state index in [4.69, 9.17) is 14.7 Å². The molecule has 1 heterocycles. The molecule has 0 spiro atoms. The summed E-state index contributed by atoms with van der Waals surface area (Å²) in [7, 11) is 1.60. The highest BCUT2D eigenvalue weighted by molar-refractivity contribution is 5.86. The van der Waals surface area contributed by atoms with Crippen molar-refractivity contribution in [3.63, 3.8) is 0 Å². The fourth-order valence-corrected chi connectivity index (χ4v) is 3.22. The predicted molar refractivity (Wildman–Crippen MR) is 106 cm³/mol. The molecule has 1 aromatic heterocycles. The summed E-state index contributed by atoms with van der Waals surface area (Å²) in [6.07, 6.45) is 0.512. The molecule has 28 heavy (non-hydrogen) atoms. The number of carbonyl (C=O) groups excluding carboxylic acids is 1. The van der Waals surface area contributed by atoms with Crippen molar-refractivity contribution >= 4 is 16.7 Å². The summed E-state index contributed by atoms with van der Waals surface area (Å²) in [4.78, 5) is 26.8. The number of methoxy groups -OCH3 is 1. The fraction of sp³-hybridized carbons (Fsp3) is 0.227. The number of benzene rings is 2. The highest BCUT2D eigenvalue weighted by Gasteiger charge is 2.14. The van der Waals surface area contributed by atoms with Crippen molar-refractivity contribution in [3.8, 4) is 17.6 Å². The molecule has 0 fully saturated rings. The highest BCUT2D eigenvalue weighted by Crippen LogP contribution is 2.25. The predicted octanol–water partition coefficient (Wildman–Crippen LogP) is 3.56. The first-order chi connectivity index (χ1) is 13.4. The summed E-state index contributed by atoms with van der Waals surface area (Å²) in [5.74, 6) is 0.803. The Bertz CT molecular complexity index is 1160. The SMILES string of the molecule is COc1ccc2ccc(OC(=O)CCc3c(C)[nH]c(=O)c(C#N)c3C)cc2c1. The topological polar surface area (TPSA) is 92.2 Å². The standard InChI is InChI=1S/C22H20N2O4/c1-13-19(14(2)24-22(26)20(13)12-23)8-9-21(25)28-18-7-5-15-4-6-17(27-3)10-16(15)11-18/h4-7,10-11H,8-9H2,1-3H3,(H,24,26). The number of nitriles is 1. The minimum atomic E-state index is -0.407. The zero-order chi connectivity index (χ0) is 20.3. The molecule has 0 aliphatic carbocycles. The fourth-order valence-electron chi connectivity index (χ4n) is 3.22. The molecule has 0 saturated heterocycles. The summed E-state index contributed by atoms with van der Waals surface area (Å²) in [5, 5.41) is 11.1. The van der Waals surface area contributed by atoms with E-state index in [1.165, 1.54) is 0 Å². The molecule has 6 nitrogen and oxygen atoms in total. The van der Waals surface area contributed by atoms with Gasteiger partial charge in [-0.1, -0.05) is 12.1 Å². The second kappa shape index (κ2) is 7.97. The van der Waals surface area contributed by atoms with Gasteiger partial charge in [0.15, 0.2) is 0 Å². The lowest BCUT2D eigenvalue weighted by atomic mass is 9.99. The number of fused-ring (bicyclic) bond motifs is 1. The van der Waals surface area contributed by atoms with E-state index in [1.807, 2.05) is 30.3 Å². The van der Waals surface area contributed by atoms with E-state index in [0.29, 0.717) is 23.4 Å². The largest absolute Gasteiger partial charge is 0.497 e. The number of aromatic amines is 1. The van der Waals surface area contributed by atoms with Gasteiger partial charge in [-0.25, -0.2) is 0 Å². The third kappa shape index (κ3) is 3.89. The molecule has 0 radical (unpaired) electrons. The molecule has 6 heteroatoms. The summed E-state index contributed by atoms with van der Waals surface area (Å²) in [6, 6.07) is 13.0. The molecule has 0 saturated carbocycles. The average Bonchev–Trinajstić information content (AvgIpc) is 2.67. The minimum absolute atomic E-state index is 0.0810. The number of nitrogens with zero attached hydrogens (tertiary/aromatic N) is 1. The lowest BCUT2D eigenvalue weighted by Gasteiger charge is -2.11. The normalized spacial score (nSPS) is 10.5. The van der Waals surface area contributed by atoms with Gasteiger partial charge in [-0.3, -0.25) is 9.59 Å². The van der Waals surface area contributed by atoms with Crippen molar-refractivity contribution < 1.29 is 14.3 Å². The van der Waals surface area contributed by atoms with Crippen molar-refractivity contribution in [2.45, 2.75) is 26.7 Å². The number of esters is 1. The van der Waals surface area contributed by atoms with Gasteiger partial charge in [0.1, 0.15) is 23.1 Å². The molecule has 0 bridgehead atoms. The Morgan fingerprint density at radius 1 is 1.11 bits per heavy atom. The lowest BCUT2D eigenvalue weighted by Crippen LogP contribution is -2.18. The lowest BCUT2D eigenvalue weighted by molar-refractivity contribution is -0.134. The zero-order valence-corrected chi connectivity index (χ0v) is 16.0. The summed E-state index contributed by atoms with van der Waals surface area (Å²) >= 11 is 0. The molecular weight excluding hydrogens is 356 g/mol. The number of rotatable bonds is 5. The highest BCUT2D eigenvalue weighted by atomic mass is 16.5. The Morgan fingerprint density at radius 3 is 2.46 bits per heavy atom. The summed E-state index contributed by atoms with van der Waals surface area (Å²) in [5.41, 5.74) is 1.73. The van der Waals surface area contributed by atoms with Crippen LogP contribution in [-0.2, 0) is 11.2 Å². The smallest absolute Gasteiger partial charge is 0.311 e. The Hall–Kier alpha value is -3.59. The number of pyridine rings is 1. The van der Waals surface area contributed by atoms with E-state index >= 15 is 0 Å². The van der Waals surface area contributed by atoms with E-state index in [9.17, 15) is 9.59 Å². The number of ether oxygens (including phenoxy) is 2. The van der Waals surface area contributed by atoms with Crippen LogP contribution in [0.5, 0.6) is 11.5 Å². The first-order valence-electron chi connectivity index (χ1n) is 8.84. The summed E-state index contributed by atoms with van der Waals surface area (Å²) in [6.45, 7) is 3.48. The number of carbonyl (C=O) groups is 1. The molecule has 142 valence electrons. The van der Waals surface area contributed by atoms with Crippen molar-refractivity contribution in [1.82, 2.24) is 4.98 Å². The van der Waals surface area contributed by atoms with Crippen LogP contribution < -0.4 is 15.0 Å². The molecule has 0 unspecified atom stereocenters. The van der Waals surface area contributed by atoms with Crippen LogP contribution in [0.15, 0.2) is 41.2 Å². The Kier molecular flexibility index (Phi) is 5.46. The van der Waals surface area contributed by atoms with E-state index in [2.05, 4.69) is 4.98 Å². The summed E-state index contributed by atoms with van der Waals surface area (Å²) < 4.78 is 10.7. The van der Waals surface area contributed by atoms with Crippen LogP contribution in [0.4, 0.5) is 0 Å². The van der Waals surface area contributed by atoms with Crippen LogP contribution in [0.2, 0.25) is 0 Å². The van der Waals surface area contributed by atoms with Crippen molar-refractivity contribution in [2.24, 2.45) is 0 Å². The number of hydrogen-bond donors (Lipinski definition) is 1. The second-order valence-electron chi connectivity index (χ2n) is 6.52. The molecule has 1 N–H and O–H groups in total. The maximum atomic E-state index is 12.3. The third-order valence-electron chi connectivity index (χ3n) is 4.75. The maximum Gasteiger partial charge on any atom is 0.311 e. The van der Waals surface area contributed by atoms with Crippen molar-refractivity contribution in [1.29, 1.82) is 5.26 Å². The van der Waals surface area contributed by atoms with Crippen LogP contribution in [-0.4, -0.2) is 18.1 Å². The number of aryl methyl sites for hydroxylation is 1. The molecule has 0 aliphatic heterocycles. The van der Waals surface area contributed by atoms with Gasteiger partial charge in [0.2, 0.25) is 0 Å². The van der Waals surface area contributed by atoms with E-state index in [0.717, 1.165) is 22.1 Å². The van der Waals surface area contributed by atoms with Crippen molar-refractivity contribution in [3.05, 3.63) is 69.1 Å². The molecule has 3 rings (SSSR count).